The maximum absolute atomic E-state index is 6.01. The van der Waals surface area contributed by atoms with Gasteiger partial charge in [-0.25, -0.2) is 0 Å². The molecule has 2 N–H and O–H groups in total. The van der Waals surface area contributed by atoms with Gasteiger partial charge in [-0.05, 0) is 60.2 Å². The number of hydrogen-bond donors (Lipinski definition) is 1. The van der Waals surface area contributed by atoms with Gasteiger partial charge in [-0.1, -0.05) is 32.9 Å². The Morgan fingerprint density at radius 2 is 1.40 bits per heavy atom. The Morgan fingerprint density at radius 1 is 0.850 bits per heavy atom. The lowest BCUT2D eigenvalue weighted by Crippen LogP contribution is -2.11. The van der Waals surface area contributed by atoms with Gasteiger partial charge >= 0.3 is 0 Å². The van der Waals surface area contributed by atoms with Gasteiger partial charge in [-0.2, -0.15) is 0 Å². The molecular weight excluding hydrogens is 246 g/mol. The molecule has 2 rings (SSSR count). The second kappa shape index (κ2) is 5.20. The molecule has 0 unspecified atom stereocenters. The smallest absolute Gasteiger partial charge is 0.130 e. The van der Waals surface area contributed by atoms with Crippen LogP contribution in [0.3, 0.4) is 0 Å². The standard InChI is InChI=1S/C18H23NO/c1-12-10-14(18(3,4)5)6-8-16(12)20-17-9-7-15(19)11-13(17)2/h6-11H,19H2,1-5H3. The predicted octanol–water partition coefficient (Wildman–Crippen LogP) is 4.98. The van der Waals surface area contributed by atoms with E-state index < -0.39 is 0 Å². The van der Waals surface area contributed by atoms with Gasteiger partial charge in [0.2, 0.25) is 0 Å². The van der Waals surface area contributed by atoms with E-state index in [9.17, 15) is 0 Å². The molecule has 0 atom stereocenters. The van der Waals surface area contributed by atoms with Crippen LogP contribution < -0.4 is 10.5 Å². The number of nitrogens with two attached hydrogens (primary N) is 1. The Bertz CT molecular complexity index is 624. The monoisotopic (exact) mass is 269 g/mol. The third-order valence-electron chi connectivity index (χ3n) is 3.46. The van der Waals surface area contributed by atoms with Crippen LogP contribution in [0.15, 0.2) is 36.4 Å². The van der Waals surface area contributed by atoms with Crippen LogP contribution in [0.5, 0.6) is 11.5 Å². The molecule has 0 heterocycles. The van der Waals surface area contributed by atoms with Gasteiger partial charge < -0.3 is 10.5 Å². The summed E-state index contributed by atoms with van der Waals surface area (Å²) in [6.07, 6.45) is 0. The SMILES string of the molecule is Cc1cc(N)ccc1Oc1ccc(C(C)(C)C)cc1C. The summed E-state index contributed by atoms with van der Waals surface area (Å²) in [6.45, 7) is 10.7. The summed E-state index contributed by atoms with van der Waals surface area (Å²) < 4.78 is 6.01. The summed E-state index contributed by atoms with van der Waals surface area (Å²) in [5, 5.41) is 0. The highest BCUT2D eigenvalue weighted by Gasteiger charge is 2.15. The minimum atomic E-state index is 0.153. The zero-order valence-corrected chi connectivity index (χ0v) is 12.9. The maximum atomic E-state index is 6.01. The summed E-state index contributed by atoms with van der Waals surface area (Å²) in [7, 11) is 0. The lowest BCUT2D eigenvalue weighted by atomic mass is 9.86. The van der Waals surface area contributed by atoms with Crippen molar-refractivity contribution in [3.63, 3.8) is 0 Å². The highest BCUT2D eigenvalue weighted by molar-refractivity contribution is 5.49. The van der Waals surface area contributed by atoms with Crippen LogP contribution in [0, 0.1) is 13.8 Å². The molecule has 20 heavy (non-hydrogen) atoms. The fourth-order valence-corrected chi connectivity index (χ4v) is 2.14. The van der Waals surface area contributed by atoms with E-state index in [0.717, 1.165) is 28.3 Å². The van der Waals surface area contributed by atoms with Gasteiger partial charge in [0.15, 0.2) is 0 Å². The number of hydrogen-bond acceptors (Lipinski definition) is 2. The van der Waals surface area contributed by atoms with Gasteiger partial charge in [-0.15, -0.1) is 0 Å². The Hall–Kier alpha value is -1.96. The van der Waals surface area contributed by atoms with E-state index in [1.165, 1.54) is 5.56 Å². The van der Waals surface area contributed by atoms with Crippen molar-refractivity contribution in [2.45, 2.75) is 40.0 Å². The topological polar surface area (TPSA) is 35.2 Å². The number of anilines is 1. The highest BCUT2D eigenvalue weighted by atomic mass is 16.5. The van der Waals surface area contributed by atoms with Crippen LogP contribution in [0.4, 0.5) is 5.69 Å². The lowest BCUT2D eigenvalue weighted by Gasteiger charge is -2.21. The molecule has 0 bridgehead atoms. The Balaban J connectivity index is 2.30. The molecule has 0 amide bonds. The number of benzene rings is 2. The number of rotatable bonds is 2. The van der Waals surface area contributed by atoms with Crippen molar-refractivity contribution in [1.82, 2.24) is 0 Å². The third-order valence-corrected chi connectivity index (χ3v) is 3.46. The summed E-state index contributed by atoms with van der Waals surface area (Å²) in [4.78, 5) is 0. The lowest BCUT2D eigenvalue weighted by molar-refractivity contribution is 0.474. The first kappa shape index (κ1) is 14.4. The average Bonchev–Trinajstić information content (AvgIpc) is 2.33. The number of nitrogen functional groups attached to an aromatic ring is 1. The average molecular weight is 269 g/mol. The van der Waals surface area contributed by atoms with Crippen molar-refractivity contribution in [3.8, 4) is 11.5 Å². The van der Waals surface area contributed by atoms with Gasteiger partial charge in [-0.3, -0.25) is 0 Å². The molecule has 106 valence electrons. The molecule has 2 aromatic rings. The zero-order valence-electron chi connectivity index (χ0n) is 12.9. The van der Waals surface area contributed by atoms with Crippen LogP contribution in [-0.2, 0) is 5.41 Å². The summed E-state index contributed by atoms with van der Waals surface area (Å²) in [6, 6.07) is 12.1. The summed E-state index contributed by atoms with van der Waals surface area (Å²) in [5.74, 6) is 1.75. The van der Waals surface area contributed by atoms with Crippen LogP contribution in [0.1, 0.15) is 37.5 Å². The fraction of sp³-hybridized carbons (Fsp3) is 0.333. The number of aryl methyl sites for hydroxylation is 2. The van der Waals surface area contributed by atoms with E-state index >= 15 is 0 Å². The van der Waals surface area contributed by atoms with E-state index in [1.807, 2.05) is 31.2 Å². The summed E-state index contributed by atoms with van der Waals surface area (Å²) >= 11 is 0. The molecule has 2 aromatic carbocycles. The quantitative estimate of drug-likeness (QED) is 0.781. The molecule has 0 aliphatic heterocycles. The van der Waals surface area contributed by atoms with Crippen molar-refractivity contribution in [2.24, 2.45) is 0 Å². The fourth-order valence-electron chi connectivity index (χ4n) is 2.14. The Kier molecular flexibility index (Phi) is 3.76. The molecule has 0 aliphatic carbocycles. The molecule has 0 saturated heterocycles. The van der Waals surface area contributed by atoms with Gasteiger partial charge in [0.05, 0.1) is 0 Å². The minimum Gasteiger partial charge on any atom is -0.457 e. The van der Waals surface area contributed by atoms with Gasteiger partial charge in [0.1, 0.15) is 11.5 Å². The van der Waals surface area contributed by atoms with Crippen LogP contribution in [0.25, 0.3) is 0 Å². The van der Waals surface area contributed by atoms with E-state index in [0.29, 0.717) is 0 Å². The second-order valence-electron chi connectivity index (χ2n) is 6.36. The molecule has 2 heteroatoms. The van der Waals surface area contributed by atoms with Crippen molar-refractivity contribution < 1.29 is 4.74 Å². The molecule has 0 radical (unpaired) electrons. The van der Waals surface area contributed by atoms with Crippen molar-refractivity contribution in [1.29, 1.82) is 0 Å². The first-order valence-corrected chi connectivity index (χ1v) is 6.92. The third kappa shape index (κ3) is 3.13. The van der Waals surface area contributed by atoms with Gasteiger partial charge in [0.25, 0.3) is 0 Å². The number of ether oxygens (including phenoxy) is 1. The molecule has 0 aliphatic rings. The van der Waals surface area contributed by atoms with Crippen LogP contribution in [-0.4, -0.2) is 0 Å². The second-order valence-corrected chi connectivity index (χ2v) is 6.36. The molecular formula is C18H23NO. The predicted molar refractivity (Wildman–Crippen MR) is 85.5 cm³/mol. The van der Waals surface area contributed by atoms with Crippen LogP contribution >= 0.6 is 0 Å². The molecule has 0 spiro atoms. The Morgan fingerprint density at radius 3 is 1.90 bits per heavy atom. The Labute approximate surface area is 121 Å². The zero-order chi connectivity index (χ0) is 14.9. The van der Waals surface area contributed by atoms with E-state index in [2.05, 4.69) is 39.8 Å². The van der Waals surface area contributed by atoms with Gasteiger partial charge in [0, 0.05) is 5.69 Å². The minimum absolute atomic E-state index is 0.153. The van der Waals surface area contributed by atoms with E-state index in [4.69, 9.17) is 10.5 Å². The largest absolute Gasteiger partial charge is 0.457 e. The van der Waals surface area contributed by atoms with Crippen molar-refractivity contribution in [3.05, 3.63) is 53.1 Å². The molecule has 0 saturated carbocycles. The van der Waals surface area contributed by atoms with Crippen LogP contribution in [0.2, 0.25) is 0 Å². The van der Waals surface area contributed by atoms with E-state index in [1.54, 1.807) is 0 Å². The molecule has 0 aromatic heterocycles. The summed E-state index contributed by atoms with van der Waals surface area (Å²) in [5.41, 5.74) is 10.2. The van der Waals surface area contributed by atoms with Crippen molar-refractivity contribution >= 4 is 5.69 Å². The molecule has 2 nitrogen and oxygen atoms in total. The van der Waals surface area contributed by atoms with E-state index in [-0.39, 0.29) is 5.41 Å². The van der Waals surface area contributed by atoms with Crippen molar-refractivity contribution in [2.75, 3.05) is 5.73 Å². The first-order valence-electron chi connectivity index (χ1n) is 6.92. The molecule has 0 fully saturated rings. The maximum Gasteiger partial charge on any atom is 0.130 e. The highest BCUT2D eigenvalue weighted by Crippen LogP contribution is 2.32. The normalized spacial score (nSPS) is 11.4. The first-order chi connectivity index (χ1) is 9.27.